The van der Waals surface area contributed by atoms with Crippen molar-refractivity contribution in [2.24, 2.45) is 11.7 Å². The summed E-state index contributed by atoms with van der Waals surface area (Å²) in [4.78, 5) is 28.6. The molecular weight excluding hydrogens is 398 g/mol. The molecule has 0 radical (unpaired) electrons. The Morgan fingerprint density at radius 2 is 1.59 bits per heavy atom. The van der Waals surface area contributed by atoms with Crippen LogP contribution in [0.25, 0.3) is 0 Å². The lowest BCUT2D eigenvalue weighted by atomic mass is 9.86. The molecule has 1 saturated carbocycles. The molecule has 2 amide bonds. The summed E-state index contributed by atoms with van der Waals surface area (Å²) in [7, 11) is 0. The fourth-order valence-electron chi connectivity index (χ4n) is 5.14. The van der Waals surface area contributed by atoms with Crippen molar-refractivity contribution in [2.75, 3.05) is 13.1 Å². The van der Waals surface area contributed by atoms with Crippen molar-refractivity contribution in [3.8, 4) is 0 Å². The number of likely N-dealkylation sites (tertiary alicyclic amines) is 1. The quantitative estimate of drug-likeness (QED) is 0.700. The minimum Gasteiger partial charge on any atom is -0.354 e. The third-order valence-corrected chi connectivity index (χ3v) is 7.08. The average molecular weight is 434 g/mol. The topological polar surface area (TPSA) is 75.4 Å². The van der Waals surface area contributed by atoms with Crippen molar-refractivity contribution in [1.29, 1.82) is 0 Å². The largest absolute Gasteiger partial charge is 0.354 e. The molecule has 0 bridgehead atoms. The van der Waals surface area contributed by atoms with Crippen LogP contribution in [0.4, 0.5) is 0 Å². The van der Waals surface area contributed by atoms with Crippen LogP contribution in [0.5, 0.6) is 0 Å². The lowest BCUT2D eigenvalue weighted by Crippen LogP contribution is -2.48. The van der Waals surface area contributed by atoms with Crippen molar-refractivity contribution < 1.29 is 9.59 Å². The molecule has 2 atom stereocenters. The van der Waals surface area contributed by atoms with Crippen molar-refractivity contribution in [3.63, 3.8) is 0 Å². The molecule has 2 aliphatic rings. The van der Waals surface area contributed by atoms with E-state index in [1.54, 1.807) is 0 Å². The Bertz CT molecular complexity index is 878. The maximum absolute atomic E-state index is 13.7. The van der Waals surface area contributed by atoms with Gasteiger partial charge in [0.05, 0.1) is 5.92 Å². The van der Waals surface area contributed by atoms with Gasteiger partial charge in [-0.3, -0.25) is 9.59 Å². The lowest BCUT2D eigenvalue weighted by molar-refractivity contribution is -0.139. The molecule has 2 aromatic carbocycles. The van der Waals surface area contributed by atoms with Gasteiger partial charge in [-0.05, 0) is 62.0 Å². The molecule has 2 aromatic rings. The van der Waals surface area contributed by atoms with Gasteiger partial charge in [-0.1, -0.05) is 60.7 Å². The first-order valence-electron chi connectivity index (χ1n) is 12.0. The van der Waals surface area contributed by atoms with E-state index in [9.17, 15) is 9.59 Å². The van der Waals surface area contributed by atoms with Gasteiger partial charge in [0.15, 0.2) is 0 Å². The maximum Gasteiger partial charge on any atom is 0.242 e. The normalized spacial score (nSPS) is 24.2. The molecular formula is C27H35N3O2. The number of carbonyl (C=O) groups is 2. The van der Waals surface area contributed by atoms with E-state index in [-0.39, 0.29) is 23.8 Å². The Morgan fingerprint density at radius 3 is 2.28 bits per heavy atom. The predicted octanol–water partition coefficient (Wildman–Crippen LogP) is 3.64. The molecule has 1 heterocycles. The van der Waals surface area contributed by atoms with E-state index in [1.165, 1.54) is 0 Å². The number of nitrogens with two attached hydrogens (primary N) is 1. The smallest absolute Gasteiger partial charge is 0.242 e. The van der Waals surface area contributed by atoms with Crippen molar-refractivity contribution >= 4 is 11.8 Å². The van der Waals surface area contributed by atoms with E-state index in [0.29, 0.717) is 31.5 Å². The highest BCUT2D eigenvalue weighted by Crippen LogP contribution is 2.28. The molecule has 170 valence electrons. The fourth-order valence-corrected chi connectivity index (χ4v) is 5.14. The molecule has 5 heteroatoms. The van der Waals surface area contributed by atoms with Crippen LogP contribution in [0.1, 0.15) is 55.6 Å². The van der Waals surface area contributed by atoms with Crippen LogP contribution in [-0.2, 0) is 16.0 Å². The second kappa shape index (κ2) is 10.8. The second-order valence-corrected chi connectivity index (χ2v) is 9.37. The van der Waals surface area contributed by atoms with Crippen molar-refractivity contribution in [3.05, 3.63) is 71.8 Å². The summed E-state index contributed by atoms with van der Waals surface area (Å²) in [6.45, 7) is 1.34. The number of carbonyl (C=O) groups excluding carboxylic acids is 2. The van der Waals surface area contributed by atoms with Gasteiger partial charge in [0.2, 0.25) is 11.8 Å². The zero-order valence-corrected chi connectivity index (χ0v) is 18.8. The van der Waals surface area contributed by atoms with Crippen molar-refractivity contribution in [1.82, 2.24) is 10.2 Å². The summed E-state index contributed by atoms with van der Waals surface area (Å²) in [5.41, 5.74) is 8.14. The highest BCUT2D eigenvalue weighted by atomic mass is 16.2. The lowest BCUT2D eigenvalue weighted by Gasteiger charge is -2.30. The number of nitrogens with zero attached hydrogens (tertiary/aromatic N) is 1. The molecule has 5 nitrogen and oxygen atoms in total. The van der Waals surface area contributed by atoms with Gasteiger partial charge in [-0.2, -0.15) is 0 Å². The Kier molecular flexibility index (Phi) is 7.59. The minimum absolute atomic E-state index is 0.00255. The van der Waals surface area contributed by atoms with E-state index in [4.69, 9.17) is 5.73 Å². The van der Waals surface area contributed by atoms with E-state index >= 15 is 0 Å². The van der Waals surface area contributed by atoms with E-state index in [0.717, 1.165) is 49.7 Å². The molecule has 1 saturated heterocycles. The van der Waals surface area contributed by atoms with E-state index < -0.39 is 0 Å². The predicted molar refractivity (Wildman–Crippen MR) is 127 cm³/mol. The van der Waals surface area contributed by atoms with Crippen LogP contribution in [0.2, 0.25) is 0 Å². The maximum atomic E-state index is 13.7. The molecule has 32 heavy (non-hydrogen) atoms. The molecule has 2 fully saturated rings. The zero-order valence-electron chi connectivity index (χ0n) is 18.8. The monoisotopic (exact) mass is 433 g/mol. The van der Waals surface area contributed by atoms with Crippen LogP contribution in [0.15, 0.2) is 60.7 Å². The summed E-state index contributed by atoms with van der Waals surface area (Å²) in [5.74, 6) is 0.268. The number of hydrogen-bond donors (Lipinski definition) is 2. The van der Waals surface area contributed by atoms with Crippen LogP contribution < -0.4 is 11.1 Å². The Hall–Kier alpha value is -2.66. The highest BCUT2D eigenvalue weighted by Gasteiger charge is 2.37. The standard InChI is InChI=1S/C27H35N3O2/c28-23-15-13-21(14-16-23)19-29-26(31)25-12-7-17-30(25)27(32)24(22-10-5-2-6-11-22)18-20-8-3-1-4-9-20/h1-6,8-11,21,23-25H,7,12-19,28H2,(H,29,31)/t21?,23?,24-,25+/m1/s1. The molecule has 1 aliphatic heterocycles. The summed E-state index contributed by atoms with van der Waals surface area (Å²) in [6.07, 6.45) is 6.45. The number of amides is 2. The van der Waals surface area contributed by atoms with Gasteiger partial charge < -0.3 is 16.0 Å². The molecule has 0 unspecified atom stereocenters. The van der Waals surface area contributed by atoms with Gasteiger partial charge in [0.25, 0.3) is 0 Å². The Morgan fingerprint density at radius 1 is 0.938 bits per heavy atom. The van der Waals surface area contributed by atoms with E-state index in [1.807, 2.05) is 53.4 Å². The fraction of sp³-hybridized carbons (Fsp3) is 0.481. The van der Waals surface area contributed by atoms with Gasteiger partial charge in [-0.25, -0.2) is 0 Å². The third kappa shape index (κ3) is 5.57. The number of hydrogen-bond acceptors (Lipinski definition) is 3. The molecule has 3 N–H and O–H groups in total. The molecule has 4 rings (SSSR count). The van der Waals surface area contributed by atoms with Crippen LogP contribution in [0.3, 0.4) is 0 Å². The zero-order chi connectivity index (χ0) is 22.3. The summed E-state index contributed by atoms with van der Waals surface area (Å²) in [6, 6.07) is 20.0. The van der Waals surface area contributed by atoms with Gasteiger partial charge in [-0.15, -0.1) is 0 Å². The summed E-state index contributed by atoms with van der Waals surface area (Å²) in [5, 5.41) is 3.15. The second-order valence-electron chi connectivity index (χ2n) is 9.37. The molecule has 0 aromatic heterocycles. The Labute approximate surface area is 191 Å². The average Bonchev–Trinajstić information content (AvgIpc) is 3.33. The van der Waals surface area contributed by atoms with Crippen molar-refractivity contribution in [2.45, 2.75) is 62.9 Å². The van der Waals surface area contributed by atoms with Crippen LogP contribution >= 0.6 is 0 Å². The third-order valence-electron chi connectivity index (χ3n) is 7.08. The SMILES string of the molecule is NC1CCC(CNC(=O)[C@@H]2CCCN2C(=O)[C@H](Cc2ccccc2)c2ccccc2)CC1. The first-order valence-corrected chi connectivity index (χ1v) is 12.0. The first kappa shape index (κ1) is 22.5. The van der Waals surface area contributed by atoms with Gasteiger partial charge in [0, 0.05) is 19.1 Å². The van der Waals surface area contributed by atoms with Crippen LogP contribution in [0, 0.1) is 5.92 Å². The number of nitrogens with one attached hydrogen (secondary N) is 1. The minimum atomic E-state index is -0.365. The molecule has 0 spiro atoms. The Balaban J connectivity index is 1.44. The summed E-state index contributed by atoms with van der Waals surface area (Å²) < 4.78 is 0. The van der Waals surface area contributed by atoms with Crippen LogP contribution in [-0.4, -0.2) is 41.9 Å². The first-order chi connectivity index (χ1) is 15.6. The summed E-state index contributed by atoms with van der Waals surface area (Å²) >= 11 is 0. The highest BCUT2D eigenvalue weighted by molar-refractivity contribution is 5.91. The van der Waals surface area contributed by atoms with E-state index in [2.05, 4.69) is 17.4 Å². The number of rotatable bonds is 7. The van der Waals surface area contributed by atoms with Gasteiger partial charge in [0.1, 0.15) is 6.04 Å². The molecule has 1 aliphatic carbocycles. The number of benzene rings is 2. The van der Waals surface area contributed by atoms with Gasteiger partial charge >= 0.3 is 0 Å².